The predicted octanol–water partition coefficient (Wildman–Crippen LogP) is 0.235. The van der Waals surface area contributed by atoms with Gasteiger partial charge in [0.1, 0.15) is 18.5 Å². The summed E-state index contributed by atoms with van der Waals surface area (Å²) in [6.45, 7) is -0.791. The minimum Gasteiger partial charge on any atom is -0.491 e. The fraction of sp³-hybridized carbons (Fsp3) is 0.333. The topological polar surface area (TPSA) is 136 Å². The molecule has 0 spiro atoms. The molecule has 1 rings (SSSR count). The lowest BCUT2D eigenvalue weighted by molar-refractivity contribution is -0.422. The van der Waals surface area contributed by atoms with Crippen LogP contribution in [0.1, 0.15) is 0 Å². The average Bonchev–Trinajstić information content (AvgIpc) is 2.35. The number of aliphatic hydroxyl groups is 2. The van der Waals surface area contributed by atoms with Crippen molar-refractivity contribution in [3.63, 3.8) is 0 Å². The molecule has 0 aliphatic heterocycles. The van der Waals surface area contributed by atoms with Crippen molar-refractivity contribution in [2.45, 2.75) is 6.10 Å². The molecule has 98 valence electrons. The Bertz CT molecular complexity index is 462. The highest BCUT2D eigenvalue weighted by Crippen LogP contribution is 2.30. The van der Waals surface area contributed by atoms with Gasteiger partial charge in [0.15, 0.2) is 0 Å². The molecule has 1 aromatic carbocycles. The molecule has 9 heteroatoms. The van der Waals surface area contributed by atoms with Crippen LogP contribution in [0, 0.1) is 20.2 Å². The lowest BCUT2D eigenvalue weighted by Gasteiger charge is -2.09. The van der Waals surface area contributed by atoms with Gasteiger partial charge in [-0.25, -0.2) is 0 Å². The van der Waals surface area contributed by atoms with Gasteiger partial charge in [-0.2, -0.15) is 0 Å². The first-order valence-corrected chi connectivity index (χ1v) is 4.80. The zero-order valence-electron chi connectivity index (χ0n) is 9.05. The summed E-state index contributed by atoms with van der Waals surface area (Å²) in [6.07, 6.45) is -1.13. The molecule has 0 aromatic heterocycles. The lowest BCUT2D eigenvalue weighted by Crippen LogP contribution is -2.21. The summed E-state index contributed by atoms with van der Waals surface area (Å²) in [5, 5.41) is 38.7. The van der Waals surface area contributed by atoms with E-state index in [2.05, 4.69) is 0 Å². The van der Waals surface area contributed by atoms with Crippen LogP contribution >= 0.6 is 0 Å². The van der Waals surface area contributed by atoms with Gasteiger partial charge in [-0.05, 0) is 6.07 Å². The monoisotopic (exact) mass is 258 g/mol. The molecule has 2 N–H and O–H groups in total. The van der Waals surface area contributed by atoms with Crippen LogP contribution in [0.15, 0.2) is 18.2 Å². The van der Waals surface area contributed by atoms with Crippen molar-refractivity contribution in [1.82, 2.24) is 0 Å². The summed E-state index contributed by atoms with van der Waals surface area (Å²) >= 11 is 0. The standard InChI is InChI=1S/C9H10N2O7/c12-4-6(13)5-18-7-1-2-8(10(14)15)9(3-7)11(16)17/h1-3,6,12-13H,4-5H2. The van der Waals surface area contributed by atoms with Gasteiger partial charge in [-0.1, -0.05) is 0 Å². The highest BCUT2D eigenvalue weighted by Gasteiger charge is 2.24. The molecule has 18 heavy (non-hydrogen) atoms. The van der Waals surface area contributed by atoms with Crippen molar-refractivity contribution in [2.75, 3.05) is 13.2 Å². The fourth-order valence-electron chi connectivity index (χ4n) is 1.14. The molecule has 0 fully saturated rings. The number of nitro groups is 2. The number of hydrogen-bond acceptors (Lipinski definition) is 7. The molecule has 0 radical (unpaired) electrons. The van der Waals surface area contributed by atoms with Crippen molar-refractivity contribution in [3.8, 4) is 5.75 Å². The molecular weight excluding hydrogens is 248 g/mol. The molecule has 0 saturated heterocycles. The minimum atomic E-state index is -1.13. The number of nitrogens with zero attached hydrogens (tertiary/aromatic N) is 2. The van der Waals surface area contributed by atoms with E-state index in [1.54, 1.807) is 0 Å². The molecule has 0 saturated carbocycles. The van der Waals surface area contributed by atoms with Gasteiger partial charge in [0.05, 0.1) is 22.5 Å². The molecule has 1 aromatic rings. The van der Waals surface area contributed by atoms with Crippen LogP contribution in [0.5, 0.6) is 5.75 Å². The SMILES string of the molecule is O=[N+]([O-])c1ccc(OCC(O)CO)cc1[N+](=O)[O-]. The summed E-state index contributed by atoms with van der Waals surface area (Å²) in [6, 6.07) is 3.01. The molecular formula is C9H10N2O7. The Hall–Kier alpha value is -2.26. The van der Waals surface area contributed by atoms with Crippen LogP contribution < -0.4 is 4.74 Å². The summed E-state index contributed by atoms with van der Waals surface area (Å²) in [5.74, 6) is -0.000185. The summed E-state index contributed by atoms with van der Waals surface area (Å²) in [7, 11) is 0. The predicted molar refractivity (Wildman–Crippen MR) is 58.3 cm³/mol. The van der Waals surface area contributed by atoms with E-state index in [1.165, 1.54) is 6.07 Å². The molecule has 0 heterocycles. The Morgan fingerprint density at radius 1 is 1.22 bits per heavy atom. The normalized spacial score (nSPS) is 11.9. The summed E-state index contributed by atoms with van der Waals surface area (Å²) in [4.78, 5) is 19.4. The smallest absolute Gasteiger partial charge is 0.349 e. The second-order valence-electron chi connectivity index (χ2n) is 3.31. The van der Waals surface area contributed by atoms with Gasteiger partial charge in [-0.15, -0.1) is 0 Å². The number of aliphatic hydroxyl groups excluding tert-OH is 2. The van der Waals surface area contributed by atoms with E-state index >= 15 is 0 Å². The van der Waals surface area contributed by atoms with E-state index in [0.29, 0.717) is 0 Å². The Kier molecular flexibility index (Phi) is 4.52. The highest BCUT2D eigenvalue weighted by atomic mass is 16.6. The van der Waals surface area contributed by atoms with Crippen LogP contribution in [0.25, 0.3) is 0 Å². The maximum atomic E-state index is 10.6. The number of nitro benzene ring substituents is 2. The zero-order valence-corrected chi connectivity index (χ0v) is 9.05. The van der Waals surface area contributed by atoms with Crippen molar-refractivity contribution in [1.29, 1.82) is 0 Å². The number of ether oxygens (including phenoxy) is 1. The van der Waals surface area contributed by atoms with E-state index in [9.17, 15) is 20.2 Å². The van der Waals surface area contributed by atoms with Gasteiger partial charge >= 0.3 is 11.4 Å². The first-order valence-electron chi connectivity index (χ1n) is 4.80. The van der Waals surface area contributed by atoms with Gasteiger partial charge < -0.3 is 14.9 Å². The van der Waals surface area contributed by atoms with E-state index in [4.69, 9.17) is 14.9 Å². The molecule has 0 bridgehead atoms. The first-order chi connectivity index (χ1) is 8.45. The van der Waals surface area contributed by atoms with E-state index in [1.807, 2.05) is 0 Å². The lowest BCUT2D eigenvalue weighted by atomic mass is 10.2. The second-order valence-corrected chi connectivity index (χ2v) is 3.31. The summed E-state index contributed by atoms with van der Waals surface area (Å²) in [5.41, 5.74) is -1.34. The van der Waals surface area contributed by atoms with Crippen LogP contribution in [0.2, 0.25) is 0 Å². The molecule has 0 aliphatic rings. The van der Waals surface area contributed by atoms with E-state index in [0.717, 1.165) is 12.1 Å². The van der Waals surface area contributed by atoms with Crippen molar-refractivity contribution in [3.05, 3.63) is 38.4 Å². The third-order valence-electron chi connectivity index (χ3n) is 1.99. The number of hydrogen-bond donors (Lipinski definition) is 2. The number of rotatable bonds is 6. The molecule has 9 nitrogen and oxygen atoms in total. The second kappa shape index (κ2) is 5.89. The van der Waals surface area contributed by atoms with Crippen molar-refractivity contribution in [2.24, 2.45) is 0 Å². The molecule has 0 aliphatic carbocycles. The average molecular weight is 258 g/mol. The zero-order chi connectivity index (χ0) is 13.7. The Balaban J connectivity index is 2.93. The largest absolute Gasteiger partial charge is 0.491 e. The van der Waals surface area contributed by atoms with Gasteiger partial charge in [0.25, 0.3) is 0 Å². The molecule has 0 amide bonds. The first kappa shape index (κ1) is 13.8. The maximum Gasteiger partial charge on any atom is 0.349 e. The van der Waals surface area contributed by atoms with Crippen molar-refractivity contribution >= 4 is 11.4 Å². The van der Waals surface area contributed by atoms with Gasteiger partial charge in [0.2, 0.25) is 0 Å². The van der Waals surface area contributed by atoms with Crippen molar-refractivity contribution < 1.29 is 24.8 Å². The molecule has 1 atom stereocenters. The molecule has 1 unspecified atom stereocenters. The van der Waals surface area contributed by atoms with Crippen LogP contribution in [0.3, 0.4) is 0 Å². The maximum absolute atomic E-state index is 10.6. The van der Waals surface area contributed by atoms with Crippen LogP contribution in [0.4, 0.5) is 11.4 Å². The Morgan fingerprint density at radius 2 is 1.83 bits per heavy atom. The minimum absolute atomic E-state index is 0.000185. The van der Waals surface area contributed by atoms with Crippen LogP contribution in [-0.4, -0.2) is 39.4 Å². The van der Waals surface area contributed by atoms with E-state index < -0.39 is 33.9 Å². The quantitative estimate of drug-likeness (QED) is 0.550. The van der Waals surface area contributed by atoms with E-state index in [-0.39, 0.29) is 12.4 Å². The fourth-order valence-corrected chi connectivity index (χ4v) is 1.14. The Morgan fingerprint density at radius 3 is 2.33 bits per heavy atom. The number of benzene rings is 1. The van der Waals surface area contributed by atoms with Crippen LogP contribution in [-0.2, 0) is 0 Å². The van der Waals surface area contributed by atoms with Gasteiger partial charge in [-0.3, -0.25) is 20.2 Å². The summed E-state index contributed by atoms with van der Waals surface area (Å²) < 4.78 is 4.95. The highest BCUT2D eigenvalue weighted by molar-refractivity contribution is 5.55. The van der Waals surface area contributed by atoms with Gasteiger partial charge in [0, 0.05) is 6.07 Å². The third kappa shape index (κ3) is 3.37. The third-order valence-corrected chi connectivity index (χ3v) is 1.99. The Labute approximate surface area is 101 Å².